The fourth-order valence-corrected chi connectivity index (χ4v) is 3.72. The molecule has 2 aromatic rings. The lowest BCUT2D eigenvalue weighted by Gasteiger charge is -2.32. The average Bonchev–Trinajstić information content (AvgIpc) is 2.88. The Morgan fingerprint density at radius 2 is 1.61 bits per heavy atom. The molecular weight excluding hydrogens is 347 g/mol. The molecule has 0 spiro atoms. The molecule has 0 aromatic heterocycles. The van der Waals surface area contributed by atoms with Crippen LogP contribution in [0.15, 0.2) is 42.5 Å². The normalized spacial score (nSPS) is 19.2. The van der Waals surface area contributed by atoms with Gasteiger partial charge in [0.25, 0.3) is 0 Å². The third kappa shape index (κ3) is 4.97. The van der Waals surface area contributed by atoms with E-state index < -0.39 is 0 Å². The first kappa shape index (κ1) is 21.4. The van der Waals surface area contributed by atoms with E-state index in [0.29, 0.717) is 12.4 Å². The van der Waals surface area contributed by atoms with Gasteiger partial charge < -0.3 is 14.0 Å². The van der Waals surface area contributed by atoms with Crippen molar-refractivity contribution < 1.29 is 14.0 Å². The Balaban J connectivity index is 1.53. The molecule has 152 valence electrons. The number of hydrogen-bond donors (Lipinski definition) is 0. The molecule has 0 bridgehead atoms. The van der Waals surface area contributed by atoms with Gasteiger partial charge in [0.2, 0.25) is 0 Å². The molecule has 1 heterocycles. The number of rotatable bonds is 9. The second-order valence-corrected chi connectivity index (χ2v) is 9.05. The van der Waals surface area contributed by atoms with E-state index in [0.717, 1.165) is 19.4 Å². The average molecular weight is 382 g/mol. The van der Waals surface area contributed by atoms with Crippen LogP contribution in [0.1, 0.15) is 65.9 Å². The van der Waals surface area contributed by atoms with Crippen molar-refractivity contribution in [3.63, 3.8) is 0 Å². The molecule has 0 saturated carbocycles. The van der Waals surface area contributed by atoms with Gasteiger partial charge >= 0.3 is 7.12 Å². The minimum absolute atomic E-state index is 0.138. The van der Waals surface area contributed by atoms with Gasteiger partial charge in [-0.1, -0.05) is 62.6 Å². The molecule has 2 aromatic carbocycles. The van der Waals surface area contributed by atoms with Crippen LogP contribution in [-0.2, 0) is 20.7 Å². The lowest BCUT2D eigenvalue weighted by atomic mass is 9.67. The highest BCUT2D eigenvalue weighted by Gasteiger charge is 2.53. The van der Waals surface area contributed by atoms with Gasteiger partial charge in [-0.25, -0.2) is 0 Å². The Labute approximate surface area is 170 Å². The van der Waals surface area contributed by atoms with Crippen molar-refractivity contribution >= 4 is 17.9 Å². The summed E-state index contributed by atoms with van der Waals surface area (Å²) in [6, 6.07) is 15.0. The first-order chi connectivity index (χ1) is 13.3. The van der Waals surface area contributed by atoms with E-state index >= 15 is 0 Å². The maximum absolute atomic E-state index is 6.31. The van der Waals surface area contributed by atoms with Crippen LogP contribution in [-0.4, -0.2) is 24.9 Å². The lowest BCUT2D eigenvalue weighted by Crippen LogP contribution is -2.41. The van der Waals surface area contributed by atoms with Crippen LogP contribution >= 0.6 is 0 Å². The zero-order valence-electron chi connectivity index (χ0n) is 18.2. The number of fused-ring (bicyclic) bond motifs is 1. The molecule has 0 aliphatic carbocycles. The third-order valence-corrected chi connectivity index (χ3v) is 6.30. The quantitative estimate of drug-likeness (QED) is 0.371. The van der Waals surface area contributed by atoms with Crippen LogP contribution in [0, 0.1) is 0 Å². The number of unbranched alkanes of at least 4 members (excludes halogenated alkanes) is 1. The molecule has 1 unspecified atom stereocenters. The summed E-state index contributed by atoms with van der Waals surface area (Å²) < 4.78 is 18.6. The predicted molar refractivity (Wildman–Crippen MR) is 118 cm³/mol. The molecule has 1 aliphatic rings. The van der Waals surface area contributed by atoms with E-state index in [1.54, 1.807) is 0 Å². The minimum Gasteiger partial charge on any atom is -0.403 e. The molecule has 1 saturated heterocycles. The molecule has 1 aliphatic heterocycles. The molecule has 4 heteroatoms. The number of hydrogen-bond acceptors (Lipinski definition) is 3. The third-order valence-electron chi connectivity index (χ3n) is 6.30. The lowest BCUT2D eigenvalue weighted by molar-refractivity contribution is 0.00578. The fourth-order valence-electron chi connectivity index (χ4n) is 3.72. The van der Waals surface area contributed by atoms with Crippen LogP contribution in [0.2, 0.25) is 5.82 Å². The Morgan fingerprint density at radius 3 is 2.29 bits per heavy atom. The second-order valence-electron chi connectivity index (χ2n) is 9.05. The van der Waals surface area contributed by atoms with Gasteiger partial charge in [-0.3, -0.25) is 0 Å². The highest BCUT2D eigenvalue weighted by atomic mass is 16.7. The molecule has 3 nitrogen and oxygen atoms in total. The Morgan fingerprint density at radius 1 is 0.929 bits per heavy atom. The molecule has 0 amide bonds. The highest BCUT2D eigenvalue weighted by Crippen LogP contribution is 2.42. The Bertz CT molecular complexity index is 755. The summed E-state index contributed by atoms with van der Waals surface area (Å²) in [4.78, 5) is 0. The zero-order valence-corrected chi connectivity index (χ0v) is 18.2. The van der Waals surface area contributed by atoms with Gasteiger partial charge in [-0.05, 0) is 62.3 Å². The van der Waals surface area contributed by atoms with Crippen LogP contribution in [0.25, 0.3) is 10.8 Å². The molecule has 0 N–H and O–H groups in total. The summed E-state index contributed by atoms with van der Waals surface area (Å²) in [5.74, 6) is 0.373. The SMILES string of the molecule is CCCCC(CCOCc1ccc2ccccc2c1)B1OC(C)(C)C(C)(C)O1. The van der Waals surface area contributed by atoms with Crippen molar-refractivity contribution in [2.45, 2.75) is 83.9 Å². The van der Waals surface area contributed by atoms with E-state index in [4.69, 9.17) is 14.0 Å². The van der Waals surface area contributed by atoms with Gasteiger partial charge in [0.15, 0.2) is 0 Å². The van der Waals surface area contributed by atoms with E-state index in [2.05, 4.69) is 77.1 Å². The molecule has 3 rings (SSSR count). The van der Waals surface area contributed by atoms with Crippen molar-refractivity contribution in [1.82, 2.24) is 0 Å². The van der Waals surface area contributed by atoms with E-state index in [-0.39, 0.29) is 18.3 Å². The van der Waals surface area contributed by atoms with Crippen molar-refractivity contribution in [1.29, 1.82) is 0 Å². The number of benzene rings is 2. The van der Waals surface area contributed by atoms with Gasteiger partial charge in [-0.15, -0.1) is 0 Å². The van der Waals surface area contributed by atoms with Crippen LogP contribution in [0.5, 0.6) is 0 Å². The smallest absolute Gasteiger partial charge is 0.403 e. The fraction of sp³-hybridized carbons (Fsp3) is 0.583. The van der Waals surface area contributed by atoms with Crippen molar-refractivity contribution in [3.05, 3.63) is 48.0 Å². The molecule has 1 fully saturated rings. The van der Waals surface area contributed by atoms with Gasteiger partial charge in [0.1, 0.15) is 0 Å². The second kappa shape index (κ2) is 8.98. The molecule has 28 heavy (non-hydrogen) atoms. The van der Waals surface area contributed by atoms with E-state index in [1.807, 2.05) is 0 Å². The maximum Gasteiger partial charge on any atom is 0.461 e. The van der Waals surface area contributed by atoms with Crippen molar-refractivity contribution in [3.8, 4) is 0 Å². The maximum atomic E-state index is 6.31. The summed E-state index contributed by atoms with van der Waals surface area (Å²) >= 11 is 0. The summed E-state index contributed by atoms with van der Waals surface area (Å²) in [6.07, 6.45) is 4.46. The predicted octanol–water partition coefficient (Wildman–Crippen LogP) is 6.40. The molecule has 1 atom stereocenters. The summed E-state index contributed by atoms with van der Waals surface area (Å²) in [5.41, 5.74) is 0.682. The van der Waals surface area contributed by atoms with Gasteiger partial charge in [0, 0.05) is 6.61 Å². The van der Waals surface area contributed by atoms with Crippen molar-refractivity contribution in [2.24, 2.45) is 0 Å². The Kier molecular flexibility index (Phi) is 6.85. The highest BCUT2D eigenvalue weighted by molar-refractivity contribution is 6.47. The summed E-state index contributed by atoms with van der Waals surface area (Å²) in [7, 11) is -0.138. The van der Waals surface area contributed by atoms with E-state index in [1.165, 1.54) is 29.2 Å². The molecular formula is C24H35BO3. The zero-order chi connectivity index (χ0) is 20.2. The summed E-state index contributed by atoms with van der Waals surface area (Å²) in [5, 5.41) is 2.54. The largest absolute Gasteiger partial charge is 0.461 e. The van der Waals surface area contributed by atoms with Gasteiger partial charge in [-0.2, -0.15) is 0 Å². The van der Waals surface area contributed by atoms with Gasteiger partial charge in [0.05, 0.1) is 17.8 Å². The first-order valence-electron chi connectivity index (χ1n) is 10.7. The number of ether oxygens (including phenoxy) is 1. The van der Waals surface area contributed by atoms with Crippen LogP contribution in [0.4, 0.5) is 0 Å². The van der Waals surface area contributed by atoms with E-state index in [9.17, 15) is 0 Å². The molecule has 0 radical (unpaired) electrons. The van der Waals surface area contributed by atoms with Crippen LogP contribution < -0.4 is 0 Å². The standard InChI is InChI=1S/C24H35BO3/c1-6-7-12-22(25-27-23(2,3)24(4,5)28-25)15-16-26-18-19-13-14-20-10-8-9-11-21(20)17-19/h8-11,13-14,17,22H,6-7,12,15-16,18H2,1-5H3. The summed E-state index contributed by atoms with van der Waals surface area (Å²) in [6.45, 7) is 12.1. The first-order valence-corrected chi connectivity index (χ1v) is 10.7. The Hall–Kier alpha value is -1.36. The van der Waals surface area contributed by atoms with Crippen molar-refractivity contribution in [2.75, 3.05) is 6.61 Å². The van der Waals surface area contributed by atoms with Crippen LogP contribution in [0.3, 0.4) is 0 Å². The topological polar surface area (TPSA) is 27.7 Å². The monoisotopic (exact) mass is 382 g/mol. The minimum atomic E-state index is -0.270.